The van der Waals surface area contributed by atoms with E-state index in [1.165, 1.54) is 18.1 Å². The first-order valence-electron chi connectivity index (χ1n) is 5.49. The first-order valence-corrected chi connectivity index (χ1v) is 8.02. The summed E-state index contributed by atoms with van der Waals surface area (Å²) in [7, 11) is -1.35. The maximum Gasteiger partial charge on any atom is 0.191 e. The Morgan fingerprint density at radius 1 is 1.00 bits per heavy atom. The average Bonchev–Trinajstić information content (AvgIpc) is 2.20. The molecule has 1 N–H and O–H groups in total. The fourth-order valence-corrected chi connectivity index (χ4v) is 4.25. The lowest BCUT2D eigenvalue weighted by Gasteiger charge is -2.27. The summed E-state index contributed by atoms with van der Waals surface area (Å²) in [4.78, 5) is 0. The van der Waals surface area contributed by atoms with E-state index in [1.54, 1.807) is 0 Å². The Labute approximate surface area is 83.4 Å². The molecule has 0 radical (unpaired) electrons. The molecule has 0 aliphatic heterocycles. The van der Waals surface area contributed by atoms with Gasteiger partial charge in [-0.2, -0.15) is 0 Å². The van der Waals surface area contributed by atoms with Gasteiger partial charge in [-0.3, -0.25) is 0 Å². The van der Waals surface area contributed by atoms with E-state index in [2.05, 4.69) is 20.8 Å². The highest BCUT2D eigenvalue weighted by atomic mass is 28.4. The number of unbranched alkanes of at least 4 members (excludes halogenated alkanes) is 1. The monoisotopic (exact) mass is 204 g/mol. The van der Waals surface area contributed by atoms with E-state index in [4.69, 9.17) is 9.53 Å². The minimum Gasteiger partial charge on any atom is -0.417 e. The summed E-state index contributed by atoms with van der Waals surface area (Å²) in [6.45, 7) is 7.87. The molecular weight excluding hydrogens is 180 g/mol. The molecule has 0 saturated carbocycles. The lowest BCUT2D eigenvalue weighted by Crippen LogP contribution is -2.36. The van der Waals surface area contributed by atoms with E-state index in [0.29, 0.717) is 6.61 Å². The first kappa shape index (κ1) is 13.1. The van der Waals surface area contributed by atoms with Crippen LogP contribution in [0.15, 0.2) is 0 Å². The summed E-state index contributed by atoms with van der Waals surface area (Å²) < 4.78 is 6.01. The Morgan fingerprint density at radius 3 is 1.92 bits per heavy atom. The molecule has 0 atom stereocenters. The molecule has 0 spiro atoms. The lowest BCUT2D eigenvalue weighted by atomic mass is 10.3. The van der Waals surface area contributed by atoms with E-state index in [9.17, 15) is 0 Å². The number of hydrogen-bond acceptors (Lipinski definition) is 2. The third-order valence-electron chi connectivity index (χ3n) is 2.89. The first-order chi connectivity index (χ1) is 6.24. The highest BCUT2D eigenvalue weighted by Gasteiger charge is 2.27. The van der Waals surface area contributed by atoms with E-state index in [-0.39, 0.29) is 0 Å². The third kappa shape index (κ3) is 4.79. The second-order valence-corrected chi connectivity index (χ2v) is 8.30. The summed E-state index contributed by atoms with van der Waals surface area (Å²) in [5.74, 6) is 0. The minimum absolute atomic E-state index is 0.294. The average molecular weight is 204 g/mol. The van der Waals surface area contributed by atoms with Crippen molar-refractivity contribution >= 4 is 8.32 Å². The summed E-state index contributed by atoms with van der Waals surface area (Å²) in [5, 5.41) is 8.62. The highest BCUT2D eigenvalue weighted by molar-refractivity contribution is 6.73. The molecule has 0 saturated heterocycles. The number of aliphatic hydroxyl groups is 1. The van der Waals surface area contributed by atoms with Gasteiger partial charge >= 0.3 is 0 Å². The van der Waals surface area contributed by atoms with Crippen LogP contribution in [0.2, 0.25) is 18.1 Å². The maximum absolute atomic E-state index is 8.62. The Bertz CT molecular complexity index is 105. The van der Waals surface area contributed by atoms with Gasteiger partial charge in [0.05, 0.1) is 0 Å². The van der Waals surface area contributed by atoms with Gasteiger partial charge in [-0.05, 0) is 31.0 Å². The van der Waals surface area contributed by atoms with E-state index < -0.39 is 8.32 Å². The van der Waals surface area contributed by atoms with E-state index in [1.807, 2.05) is 0 Å². The molecule has 2 nitrogen and oxygen atoms in total. The minimum atomic E-state index is -1.35. The molecular formula is C10H24O2Si. The molecule has 0 heterocycles. The second kappa shape index (κ2) is 7.53. The van der Waals surface area contributed by atoms with Crippen molar-refractivity contribution in [2.45, 2.75) is 51.7 Å². The van der Waals surface area contributed by atoms with Crippen LogP contribution in [0.25, 0.3) is 0 Å². The largest absolute Gasteiger partial charge is 0.417 e. The van der Waals surface area contributed by atoms with Crippen molar-refractivity contribution in [3.8, 4) is 0 Å². The zero-order chi connectivity index (χ0) is 10.2. The highest BCUT2D eigenvalue weighted by Crippen LogP contribution is 2.21. The predicted octanol–water partition coefficient (Wildman–Crippen LogP) is 2.78. The molecule has 0 aromatic carbocycles. The standard InChI is InChI=1S/C10H24O2Si/c1-4-13(5-2,6-3)12-10-8-7-9-11/h11H,4-10H2,1-3H3. The lowest BCUT2D eigenvalue weighted by molar-refractivity contribution is 0.246. The van der Waals surface area contributed by atoms with Crippen LogP contribution in [-0.4, -0.2) is 26.6 Å². The fraction of sp³-hybridized carbons (Fsp3) is 1.00. The Kier molecular flexibility index (Phi) is 7.61. The Morgan fingerprint density at radius 2 is 1.54 bits per heavy atom. The van der Waals surface area contributed by atoms with Crippen molar-refractivity contribution < 1.29 is 9.53 Å². The second-order valence-electron chi connectivity index (χ2n) is 3.52. The molecule has 0 aliphatic rings. The number of rotatable bonds is 8. The van der Waals surface area contributed by atoms with Gasteiger partial charge in [0, 0.05) is 13.2 Å². The van der Waals surface area contributed by atoms with E-state index in [0.717, 1.165) is 19.4 Å². The van der Waals surface area contributed by atoms with Crippen molar-refractivity contribution in [2.75, 3.05) is 13.2 Å². The molecule has 0 rings (SSSR count). The summed E-state index contributed by atoms with van der Waals surface area (Å²) in [6, 6.07) is 3.66. The van der Waals surface area contributed by atoms with Crippen LogP contribution in [0.3, 0.4) is 0 Å². The topological polar surface area (TPSA) is 29.5 Å². The summed E-state index contributed by atoms with van der Waals surface area (Å²) in [5.41, 5.74) is 0. The summed E-state index contributed by atoms with van der Waals surface area (Å²) >= 11 is 0. The van der Waals surface area contributed by atoms with Crippen LogP contribution < -0.4 is 0 Å². The quantitative estimate of drug-likeness (QED) is 0.486. The van der Waals surface area contributed by atoms with Gasteiger partial charge < -0.3 is 9.53 Å². The van der Waals surface area contributed by atoms with Crippen LogP contribution in [0.5, 0.6) is 0 Å². The van der Waals surface area contributed by atoms with Crippen molar-refractivity contribution in [1.82, 2.24) is 0 Å². The van der Waals surface area contributed by atoms with Gasteiger partial charge in [0.25, 0.3) is 0 Å². The van der Waals surface area contributed by atoms with Crippen LogP contribution in [0.1, 0.15) is 33.6 Å². The molecule has 3 heteroatoms. The van der Waals surface area contributed by atoms with Crippen LogP contribution in [0.4, 0.5) is 0 Å². The number of hydrogen-bond donors (Lipinski definition) is 1. The van der Waals surface area contributed by atoms with Crippen LogP contribution in [-0.2, 0) is 4.43 Å². The molecule has 0 amide bonds. The van der Waals surface area contributed by atoms with Crippen molar-refractivity contribution in [3.63, 3.8) is 0 Å². The maximum atomic E-state index is 8.62. The van der Waals surface area contributed by atoms with Crippen molar-refractivity contribution in [3.05, 3.63) is 0 Å². The molecule has 0 bridgehead atoms. The van der Waals surface area contributed by atoms with Crippen molar-refractivity contribution in [2.24, 2.45) is 0 Å². The van der Waals surface area contributed by atoms with Gasteiger partial charge in [-0.25, -0.2) is 0 Å². The molecule has 13 heavy (non-hydrogen) atoms. The molecule has 0 aliphatic carbocycles. The van der Waals surface area contributed by atoms with Gasteiger partial charge in [0.15, 0.2) is 8.32 Å². The predicted molar refractivity (Wildman–Crippen MR) is 59.5 cm³/mol. The Hall–Kier alpha value is 0.137. The van der Waals surface area contributed by atoms with Gasteiger partial charge in [-0.1, -0.05) is 20.8 Å². The van der Waals surface area contributed by atoms with E-state index >= 15 is 0 Å². The van der Waals surface area contributed by atoms with Gasteiger partial charge in [0.2, 0.25) is 0 Å². The van der Waals surface area contributed by atoms with Gasteiger partial charge in [0.1, 0.15) is 0 Å². The smallest absolute Gasteiger partial charge is 0.191 e. The zero-order valence-corrected chi connectivity index (χ0v) is 10.3. The SMILES string of the molecule is CC[Si](CC)(CC)OCCCCO. The molecule has 0 aromatic heterocycles. The van der Waals surface area contributed by atoms with Crippen molar-refractivity contribution in [1.29, 1.82) is 0 Å². The van der Waals surface area contributed by atoms with Gasteiger partial charge in [-0.15, -0.1) is 0 Å². The fourth-order valence-electron chi connectivity index (χ4n) is 1.56. The molecule has 80 valence electrons. The van der Waals surface area contributed by atoms with Crippen LogP contribution in [0, 0.1) is 0 Å². The normalized spacial score (nSPS) is 12.0. The van der Waals surface area contributed by atoms with Crippen LogP contribution >= 0.6 is 0 Å². The third-order valence-corrected chi connectivity index (χ3v) is 7.58. The number of aliphatic hydroxyl groups excluding tert-OH is 1. The Balaban J connectivity index is 3.68. The zero-order valence-electron chi connectivity index (χ0n) is 9.31. The molecule has 0 fully saturated rings. The summed E-state index contributed by atoms with van der Waals surface area (Å²) in [6.07, 6.45) is 1.88. The molecule has 0 aromatic rings. The molecule has 0 unspecified atom stereocenters.